The maximum atomic E-state index is 15.0. The van der Waals surface area contributed by atoms with Gasteiger partial charge < -0.3 is 9.47 Å². The van der Waals surface area contributed by atoms with Crippen LogP contribution in [-0.4, -0.2) is 20.3 Å². The second-order valence-electron chi connectivity index (χ2n) is 9.02. The summed E-state index contributed by atoms with van der Waals surface area (Å²) in [6, 6.07) is 8.70. The van der Waals surface area contributed by atoms with Crippen LogP contribution in [-0.2, 0) is 4.74 Å². The Morgan fingerprint density at radius 1 is 0.677 bits per heavy atom. The number of halogens is 3. The number of benzene rings is 2. The van der Waals surface area contributed by atoms with E-state index in [-0.39, 0.29) is 35.4 Å². The minimum absolute atomic E-state index is 0.00660. The van der Waals surface area contributed by atoms with Crippen LogP contribution in [0.3, 0.4) is 0 Å². The Balaban J connectivity index is 1.43. The molecule has 2 nitrogen and oxygen atoms in total. The maximum Gasteiger partial charge on any atom is 0.165 e. The van der Waals surface area contributed by atoms with Crippen LogP contribution < -0.4 is 4.74 Å². The lowest BCUT2D eigenvalue weighted by molar-refractivity contribution is 0.0655. The fourth-order valence-electron chi connectivity index (χ4n) is 5.49. The highest BCUT2D eigenvalue weighted by Gasteiger charge is 2.30. The largest absolute Gasteiger partial charge is 0.494 e. The molecule has 2 saturated carbocycles. The lowest BCUT2D eigenvalue weighted by atomic mass is 9.75. The monoisotopic (exact) mass is 432 g/mol. The molecule has 0 saturated heterocycles. The van der Waals surface area contributed by atoms with Crippen molar-refractivity contribution in [3.8, 4) is 5.75 Å². The first kappa shape index (κ1) is 22.2. The van der Waals surface area contributed by atoms with Crippen LogP contribution in [0.4, 0.5) is 13.2 Å². The van der Waals surface area contributed by atoms with E-state index in [0.717, 1.165) is 56.9 Å². The molecule has 2 aliphatic carbocycles. The smallest absolute Gasteiger partial charge is 0.165 e. The van der Waals surface area contributed by atoms with Gasteiger partial charge in [-0.3, -0.25) is 0 Å². The van der Waals surface area contributed by atoms with E-state index >= 15 is 4.39 Å². The highest BCUT2D eigenvalue weighted by Crippen LogP contribution is 2.43. The number of rotatable bonds is 5. The molecule has 2 aromatic carbocycles. The van der Waals surface area contributed by atoms with Crippen LogP contribution in [0.2, 0.25) is 0 Å². The molecule has 2 aliphatic rings. The summed E-state index contributed by atoms with van der Waals surface area (Å²) in [6.45, 7) is 0. The molecule has 4 rings (SSSR count). The summed E-state index contributed by atoms with van der Waals surface area (Å²) in [4.78, 5) is 0. The number of methoxy groups -OCH3 is 2. The topological polar surface area (TPSA) is 18.5 Å². The van der Waals surface area contributed by atoms with E-state index < -0.39 is 11.6 Å². The van der Waals surface area contributed by atoms with Crippen LogP contribution in [0.25, 0.3) is 0 Å². The molecule has 168 valence electrons. The van der Waals surface area contributed by atoms with Crippen LogP contribution in [0.1, 0.15) is 85.8 Å². The fourth-order valence-corrected chi connectivity index (χ4v) is 5.49. The summed E-state index contributed by atoms with van der Waals surface area (Å²) in [5.74, 6) is -1.15. The molecule has 0 amide bonds. The van der Waals surface area contributed by atoms with Gasteiger partial charge in [-0.2, -0.15) is 0 Å². The van der Waals surface area contributed by atoms with Crippen molar-refractivity contribution < 1.29 is 22.6 Å². The van der Waals surface area contributed by atoms with E-state index in [9.17, 15) is 8.78 Å². The Morgan fingerprint density at radius 2 is 1.19 bits per heavy atom. The minimum Gasteiger partial charge on any atom is -0.494 e. The quantitative estimate of drug-likeness (QED) is 0.496. The summed E-state index contributed by atoms with van der Waals surface area (Å²) >= 11 is 0. The second kappa shape index (κ2) is 9.64. The van der Waals surface area contributed by atoms with E-state index in [4.69, 9.17) is 9.47 Å². The Morgan fingerprint density at radius 3 is 1.68 bits per heavy atom. The van der Waals surface area contributed by atoms with Gasteiger partial charge in [-0.15, -0.1) is 0 Å². The van der Waals surface area contributed by atoms with E-state index in [2.05, 4.69) is 0 Å². The summed E-state index contributed by atoms with van der Waals surface area (Å²) in [6.07, 6.45) is 6.88. The molecule has 5 heteroatoms. The van der Waals surface area contributed by atoms with Crippen molar-refractivity contribution in [3.63, 3.8) is 0 Å². The molecule has 0 radical (unpaired) electrons. The Kier molecular flexibility index (Phi) is 6.90. The molecule has 0 unspecified atom stereocenters. The van der Waals surface area contributed by atoms with Gasteiger partial charge in [-0.1, -0.05) is 18.2 Å². The van der Waals surface area contributed by atoms with E-state index in [0.29, 0.717) is 11.1 Å². The predicted molar refractivity (Wildman–Crippen MR) is 115 cm³/mol. The molecule has 0 aliphatic heterocycles. The standard InChI is InChI=1S/C26H31F3O2/c1-30-20-10-7-18(8-11-20)22-13-12-21(25(28)26(22)29)17-5-3-16(4-6-17)19-9-14-24(31-2)23(27)15-19/h9,12-18,20H,3-8,10-11H2,1-2H3. The average molecular weight is 433 g/mol. The summed E-state index contributed by atoms with van der Waals surface area (Å²) in [5, 5.41) is 0. The van der Waals surface area contributed by atoms with Crippen molar-refractivity contribution in [2.45, 2.75) is 75.2 Å². The van der Waals surface area contributed by atoms with E-state index in [1.165, 1.54) is 13.2 Å². The van der Waals surface area contributed by atoms with E-state index in [1.807, 2.05) is 6.07 Å². The third kappa shape index (κ3) is 4.62. The summed E-state index contributed by atoms with van der Waals surface area (Å²) in [5.41, 5.74) is 1.95. The molecule has 0 spiro atoms. The third-order valence-electron chi connectivity index (χ3n) is 7.40. The number of hydrogen-bond acceptors (Lipinski definition) is 2. The molecular formula is C26H31F3O2. The fraction of sp³-hybridized carbons (Fsp3) is 0.538. The van der Waals surface area contributed by atoms with E-state index in [1.54, 1.807) is 25.3 Å². The van der Waals surface area contributed by atoms with Gasteiger partial charge in [-0.05, 0) is 97.9 Å². The van der Waals surface area contributed by atoms with Crippen molar-refractivity contribution >= 4 is 0 Å². The molecule has 0 bridgehead atoms. The van der Waals surface area contributed by atoms with Gasteiger partial charge in [0.15, 0.2) is 23.2 Å². The second-order valence-corrected chi connectivity index (χ2v) is 9.02. The van der Waals surface area contributed by atoms with Crippen LogP contribution in [0.15, 0.2) is 30.3 Å². The summed E-state index contributed by atoms with van der Waals surface area (Å²) < 4.78 is 54.5. The van der Waals surface area contributed by atoms with Gasteiger partial charge >= 0.3 is 0 Å². The lowest BCUT2D eigenvalue weighted by Crippen LogP contribution is -2.20. The molecule has 2 aromatic rings. The molecule has 0 N–H and O–H groups in total. The van der Waals surface area contributed by atoms with Gasteiger partial charge in [0.1, 0.15) is 0 Å². The predicted octanol–water partition coefficient (Wildman–Crippen LogP) is 7.23. The van der Waals surface area contributed by atoms with Crippen molar-refractivity contribution in [1.29, 1.82) is 0 Å². The van der Waals surface area contributed by atoms with Crippen LogP contribution in [0, 0.1) is 17.5 Å². The van der Waals surface area contributed by atoms with Crippen molar-refractivity contribution in [2.75, 3.05) is 14.2 Å². The number of ether oxygens (including phenoxy) is 2. The zero-order valence-corrected chi connectivity index (χ0v) is 18.3. The molecule has 2 fully saturated rings. The molecule has 0 heterocycles. The minimum atomic E-state index is -0.676. The normalized spacial score (nSPS) is 26.6. The van der Waals surface area contributed by atoms with Crippen LogP contribution in [0.5, 0.6) is 5.75 Å². The summed E-state index contributed by atoms with van der Waals surface area (Å²) in [7, 11) is 3.16. The maximum absolute atomic E-state index is 15.0. The lowest BCUT2D eigenvalue weighted by Gasteiger charge is -2.31. The van der Waals surface area contributed by atoms with Crippen LogP contribution >= 0.6 is 0 Å². The zero-order chi connectivity index (χ0) is 22.0. The Bertz CT molecular complexity index is 898. The molecular weight excluding hydrogens is 401 g/mol. The van der Waals surface area contributed by atoms with Gasteiger partial charge in [0, 0.05) is 7.11 Å². The SMILES string of the molecule is COc1ccc(C2CCC(c3ccc(C4CCC(OC)CC4)c(F)c3F)CC2)cc1F. The molecule has 31 heavy (non-hydrogen) atoms. The molecule has 0 aromatic heterocycles. The molecule has 0 atom stereocenters. The van der Waals surface area contributed by atoms with Gasteiger partial charge in [0.2, 0.25) is 0 Å². The van der Waals surface area contributed by atoms with Gasteiger partial charge in [0.25, 0.3) is 0 Å². The van der Waals surface area contributed by atoms with Crippen molar-refractivity contribution in [2.24, 2.45) is 0 Å². The first-order valence-corrected chi connectivity index (χ1v) is 11.4. The third-order valence-corrected chi connectivity index (χ3v) is 7.40. The highest BCUT2D eigenvalue weighted by molar-refractivity contribution is 5.34. The first-order valence-electron chi connectivity index (χ1n) is 11.4. The highest BCUT2D eigenvalue weighted by atomic mass is 19.2. The Hall–Kier alpha value is -2.01. The average Bonchev–Trinajstić information content (AvgIpc) is 2.81. The number of hydrogen-bond donors (Lipinski definition) is 0. The first-order chi connectivity index (χ1) is 15.0. The van der Waals surface area contributed by atoms with Gasteiger partial charge in [0.05, 0.1) is 13.2 Å². The van der Waals surface area contributed by atoms with Gasteiger partial charge in [-0.25, -0.2) is 13.2 Å². The zero-order valence-electron chi connectivity index (χ0n) is 18.3. The van der Waals surface area contributed by atoms with Crippen molar-refractivity contribution in [3.05, 3.63) is 64.5 Å². The van der Waals surface area contributed by atoms with Crippen molar-refractivity contribution in [1.82, 2.24) is 0 Å². The Labute approximate surface area is 182 Å².